The van der Waals surface area contributed by atoms with Crippen LogP contribution in [-0.4, -0.2) is 10.3 Å². The summed E-state index contributed by atoms with van der Waals surface area (Å²) in [6.45, 7) is 6.74. The van der Waals surface area contributed by atoms with E-state index in [2.05, 4.69) is 181 Å². The molecule has 9 aromatic rings. The second-order valence-electron chi connectivity index (χ2n) is 13.9. The molecule has 0 bridgehead atoms. The molecule has 0 fully saturated rings. The molecule has 1 N–H and O–H groups in total. The molecule has 0 radical (unpaired) electrons. The van der Waals surface area contributed by atoms with E-state index in [1.54, 1.807) is 0 Å². The lowest BCUT2D eigenvalue weighted by atomic mass is 9.86. The Hall–Kier alpha value is -6.49. The van der Waals surface area contributed by atoms with Gasteiger partial charge in [0.15, 0.2) is 0 Å². The molecule has 2 atom stereocenters. The van der Waals surface area contributed by atoms with Crippen LogP contribution < -0.4 is 5.32 Å². The Balaban J connectivity index is 1.08. The summed E-state index contributed by atoms with van der Waals surface area (Å²) in [7, 11) is 0. The van der Waals surface area contributed by atoms with Gasteiger partial charge in [-0.05, 0) is 77.2 Å². The van der Waals surface area contributed by atoms with Crippen molar-refractivity contribution in [1.29, 1.82) is 0 Å². The van der Waals surface area contributed by atoms with Gasteiger partial charge < -0.3 is 8.98 Å². The molecule has 0 saturated carbocycles. The number of para-hydroxylation sites is 1. The van der Waals surface area contributed by atoms with E-state index < -0.39 is 5.66 Å². The Kier molecular flexibility index (Phi) is 6.88. The molecule has 248 valence electrons. The molecule has 7 aromatic carbocycles. The van der Waals surface area contributed by atoms with Gasteiger partial charge in [-0.1, -0.05) is 134 Å². The van der Waals surface area contributed by atoms with Crippen molar-refractivity contribution in [2.24, 2.45) is 4.99 Å². The molecule has 0 spiro atoms. The number of benzene rings is 7. The van der Waals surface area contributed by atoms with E-state index in [9.17, 15) is 0 Å². The Labute approximate surface area is 302 Å². The molecule has 2 unspecified atom stereocenters. The SMILES string of the molecule is C=C1C(c2ccccc2)=NC(C)(c2ccccc2)NC1c1ccc2c(c1)oc1ccc(-n3c4ccccc4c4cc(-c5ccccc5)ccc43)cc12. The maximum absolute atomic E-state index is 6.58. The van der Waals surface area contributed by atoms with Crippen LogP contribution in [0.15, 0.2) is 191 Å². The lowest BCUT2D eigenvalue weighted by Gasteiger charge is -2.39. The molecule has 0 saturated heterocycles. The van der Waals surface area contributed by atoms with Gasteiger partial charge in [-0.3, -0.25) is 10.3 Å². The van der Waals surface area contributed by atoms with Gasteiger partial charge in [0.1, 0.15) is 16.8 Å². The van der Waals surface area contributed by atoms with Crippen molar-refractivity contribution in [2.45, 2.75) is 18.6 Å². The number of hydrogen-bond donors (Lipinski definition) is 1. The van der Waals surface area contributed by atoms with Crippen molar-refractivity contribution in [3.8, 4) is 16.8 Å². The maximum atomic E-state index is 6.58. The first-order valence-corrected chi connectivity index (χ1v) is 17.8. The Morgan fingerprint density at radius 2 is 1.27 bits per heavy atom. The number of aromatic nitrogens is 1. The van der Waals surface area contributed by atoms with Gasteiger partial charge in [-0.2, -0.15) is 0 Å². The maximum Gasteiger partial charge on any atom is 0.135 e. The van der Waals surface area contributed by atoms with Gasteiger partial charge in [0.2, 0.25) is 0 Å². The monoisotopic (exact) mass is 669 g/mol. The van der Waals surface area contributed by atoms with Crippen molar-refractivity contribution in [2.75, 3.05) is 0 Å². The van der Waals surface area contributed by atoms with Crippen molar-refractivity contribution in [1.82, 2.24) is 9.88 Å². The van der Waals surface area contributed by atoms with E-state index in [-0.39, 0.29) is 6.04 Å². The minimum absolute atomic E-state index is 0.176. The summed E-state index contributed by atoms with van der Waals surface area (Å²) in [5, 5.41) is 8.49. The molecule has 10 rings (SSSR count). The van der Waals surface area contributed by atoms with Crippen LogP contribution in [0.3, 0.4) is 0 Å². The van der Waals surface area contributed by atoms with Crippen LogP contribution in [-0.2, 0) is 5.66 Å². The summed E-state index contributed by atoms with van der Waals surface area (Å²) in [6.07, 6.45) is 0. The standard InChI is InChI=1S/C48H35N3O/c1-31-46(33-16-8-4-9-17-33)49-48(2,36-18-10-5-11-19-36)50-47(31)35-22-25-39-41-30-37(24-27-44(41)52-45(39)29-35)51-42-21-13-12-20-38(42)40-28-34(23-26-43(40)51)32-14-6-3-7-15-32/h3-30,47,50H,1H2,2H3. The van der Waals surface area contributed by atoms with Crippen LogP contribution in [0, 0.1) is 0 Å². The second-order valence-corrected chi connectivity index (χ2v) is 13.9. The zero-order chi connectivity index (χ0) is 34.8. The summed E-state index contributed by atoms with van der Waals surface area (Å²) in [5.74, 6) is 0. The predicted octanol–water partition coefficient (Wildman–Crippen LogP) is 11.9. The van der Waals surface area contributed by atoms with Crippen molar-refractivity contribution >= 4 is 49.5 Å². The minimum Gasteiger partial charge on any atom is -0.456 e. The smallest absolute Gasteiger partial charge is 0.135 e. The first kappa shape index (κ1) is 30.3. The zero-order valence-electron chi connectivity index (χ0n) is 28.8. The molecule has 0 aliphatic carbocycles. The van der Waals surface area contributed by atoms with Crippen LogP contribution in [0.1, 0.15) is 29.7 Å². The van der Waals surface area contributed by atoms with E-state index >= 15 is 0 Å². The third kappa shape index (κ3) is 4.84. The fourth-order valence-corrected chi connectivity index (χ4v) is 8.04. The highest BCUT2D eigenvalue weighted by atomic mass is 16.3. The normalized spacial score (nSPS) is 17.7. The Morgan fingerprint density at radius 1 is 0.577 bits per heavy atom. The van der Waals surface area contributed by atoms with Gasteiger partial charge in [-0.25, -0.2) is 0 Å². The third-order valence-corrected chi connectivity index (χ3v) is 10.6. The minimum atomic E-state index is -0.653. The summed E-state index contributed by atoms with van der Waals surface area (Å²) < 4.78 is 8.95. The first-order chi connectivity index (χ1) is 25.5. The number of aliphatic imine (C=N–C) groups is 1. The fraction of sp³-hybridized carbons (Fsp3) is 0.0625. The lowest BCUT2D eigenvalue weighted by molar-refractivity contribution is 0.342. The zero-order valence-corrected chi connectivity index (χ0v) is 28.8. The van der Waals surface area contributed by atoms with Crippen molar-refractivity contribution in [3.63, 3.8) is 0 Å². The van der Waals surface area contributed by atoms with Crippen molar-refractivity contribution < 1.29 is 4.42 Å². The van der Waals surface area contributed by atoms with Gasteiger partial charge in [0.05, 0.1) is 22.8 Å². The molecule has 4 nitrogen and oxygen atoms in total. The molecule has 0 amide bonds. The second kappa shape index (κ2) is 11.8. The fourth-order valence-electron chi connectivity index (χ4n) is 8.04. The largest absolute Gasteiger partial charge is 0.456 e. The molecule has 3 heterocycles. The number of fused-ring (bicyclic) bond motifs is 6. The number of furan rings is 1. The molecular weight excluding hydrogens is 635 g/mol. The number of hydrogen-bond acceptors (Lipinski definition) is 3. The Morgan fingerprint density at radius 3 is 2.06 bits per heavy atom. The van der Waals surface area contributed by atoms with E-state index in [4.69, 9.17) is 9.41 Å². The van der Waals surface area contributed by atoms with Crippen LogP contribution in [0.4, 0.5) is 0 Å². The number of nitrogens with one attached hydrogen (secondary N) is 1. The average molecular weight is 670 g/mol. The van der Waals surface area contributed by atoms with Crippen LogP contribution >= 0.6 is 0 Å². The highest BCUT2D eigenvalue weighted by Crippen LogP contribution is 2.41. The summed E-state index contributed by atoms with van der Waals surface area (Å²) >= 11 is 0. The third-order valence-electron chi connectivity index (χ3n) is 10.6. The molecule has 1 aliphatic rings. The number of rotatable bonds is 5. The quantitative estimate of drug-likeness (QED) is 0.198. The predicted molar refractivity (Wildman–Crippen MR) is 215 cm³/mol. The van der Waals surface area contributed by atoms with E-state index in [1.807, 2.05) is 12.1 Å². The topological polar surface area (TPSA) is 42.5 Å². The molecular formula is C48H35N3O. The van der Waals surface area contributed by atoms with Gasteiger partial charge >= 0.3 is 0 Å². The van der Waals surface area contributed by atoms with Crippen molar-refractivity contribution in [3.05, 3.63) is 199 Å². The molecule has 2 aromatic heterocycles. The summed E-state index contributed by atoms with van der Waals surface area (Å²) in [6, 6.07) is 59.8. The van der Waals surface area contributed by atoms with Gasteiger partial charge in [0.25, 0.3) is 0 Å². The van der Waals surface area contributed by atoms with Crippen LogP contribution in [0.2, 0.25) is 0 Å². The lowest BCUT2D eigenvalue weighted by Crippen LogP contribution is -2.46. The molecule has 1 aliphatic heterocycles. The molecule has 4 heteroatoms. The van der Waals surface area contributed by atoms with Gasteiger partial charge in [-0.15, -0.1) is 0 Å². The number of nitrogens with zero attached hydrogens (tertiary/aromatic N) is 2. The highest BCUT2D eigenvalue weighted by molar-refractivity contribution is 6.14. The van der Waals surface area contributed by atoms with E-state index in [0.29, 0.717) is 0 Å². The molecule has 52 heavy (non-hydrogen) atoms. The van der Waals surface area contributed by atoms with Gasteiger partial charge in [0, 0.05) is 32.8 Å². The highest BCUT2D eigenvalue weighted by Gasteiger charge is 2.37. The van der Waals surface area contributed by atoms with Crippen LogP contribution in [0.25, 0.3) is 60.6 Å². The average Bonchev–Trinajstić information content (AvgIpc) is 3.74. The van der Waals surface area contributed by atoms with E-state index in [1.165, 1.54) is 32.9 Å². The van der Waals surface area contributed by atoms with E-state index in [0.717, 1.165) is 55.6 Å². The summed E-state index contributed by atoms with van der Waals surface area (Å²) in [4.78, 5) is 5.29. The van der Waals surface area contributed by atoms with Crippen LogP contribution in [0.5, 0.6) is 0 Å². The first-order valence-electron chi connectivity index (χ1n) is 17.8. The Bertz CT molecular complexity index is 2850. The summed E-state index contributed by atoms with van der Waals surface area (Å²) in [5.41, 5.74) is 12.0.